The Kier molecular flexibility index (Phi) is 6.21. The van der Waals surface area contributed by atoms with Crippen LogP contribution in [0.15, 0.2) is 43.0 Å². The van der Waals surface area contributed by atoms with Gasteiger partial charge < -0.3 is 5.11 Å². The normalized spacial score (nSPS) is 12.4. The summed E-state index contributed by atoms with van der Waals surface area (Å²) in [5.41, 5.74) is 5.62. The van der Waals surface area contributed by atoms with E-state index in [1.54, 1.807) is 0 Å². The first-order valence-corrected chi connectivity index (χ1v) is 9.69. The van der Waals surface area contributed by atoms with E-state index in [0.29, 0.717) is 12.3 Å². The number of hydrogen-bond donors (Lipinski definition) is 1. The highest BCUT2D eigenvalue weighted by atomic mass is 16.3. The van der Waals surface area contributed by atoms with Crippen LogP contribution in [-0.4, -0.2) is 17.1 Å². The fraction of sp³-hybridized carbons (Fsp3) is 0.440. The first-order valence-electron chi connectivity index (χ1n) is 9.69. The maximum atomic E-state index is 11.0. The second-order valence-corrected chi connectivity index (χ2v) is 9.61. The highest BCUT2D eigenvalue weighted by molar-refractivity contribution is 5.52. The van der Waals surface area contributed by atoms with Crippen LogP contribution in [0.25, 0.3) is 6.08 Å². The Morgan fingerprint density at radius 2 is 1.52 bits per heavy atom. The van der Waals surface area contributed by atoms with E-state index < -0.39 is 0 Å². The number of phenols is 1. The van der Waals surface area contributed by atoms with Crippen LogP contribution in [0.4, 0.5) is 0 Å². The summed E-state index contributed by atoms with van der Waals surface area (Å²) in [4.78, 5) is 2.25. The molecular weight excluding hydrogens is 330 g/mol. The lowest BCUT2D eigenvalue weighted by atomic mass is 9.79. The van der Waals surface area contributed by atoms with Crippen molar-refractivity contribution in [1.82, 2.24) is 4.90 Å². The summed E-state index contributed by atoms with van der Waals surface area (Å²) in [6.45, 7) is 18.6. The van der Waals surface area contributed by atoms with Crippen LogP contribution in [0, 0.1) is 0 Å². The molecule has 0 fully saturated rings. The Bertz CT molecular complexity index is 806. The van der Waals surface area contributed by atoms with E-state index in [1.165, 1.54) is 11.1 Å². The molecule has 2 heteroatoms. The largest absolute Gasteiger partial charge is 0.507 e. The van der Waals surface area contributed by atoms with Crippen molar-refractivity contribution in [3.8, 4) is 5.75 Å². The van der Waals surface area contributed by atoms with Crippen molar-refractivity contribution < 1.29 is 5.11 Å². The van der Waals surface area contributed by atoms with Gasteiger partial charge in [-0.2, -0.15) is 0 Å². The van der Waals surface area contributed by atoms with Gasteiger partial charge >= 0.3 is 0 Å². The van der Waals surface area contributed by atoms with Crippen molar-refractivity contribution in [3.05, 3.63) is 70.8 Å². The lowest BCUT2D eigenvalue weighted by Gasteiger charge is -2.29. The third-order valence-corrected chi connectivity index (χ3v) is 5.02. The molecule has 0 heterocycles. The molecule has 0 bridgehead atoms. The number of phenolic OH excluding ortho intramolecular Hbond substituents is 1. The summed E-state index contributed by atoms with van der Waals surface area (Å²) in [6.07, 6.45) is 1.90. The zero-order valence-electron chi connectivity index (χ0n) is 18.1. The quantitative estimate of drug-likeness (QED) is 0.676. The van der Waals surface area contributed by atoms with Gasteiger partial charge in [0.2, 0.25) is 0 Å². The molecule has 2 aromatic rings. The summed E-state index contributed by atoms with van der Waals surface area (Å²) in [7, 11) is 2.10. The predicted molar refractivity (Wildman–Crippen MR) is 117 cm³/mol. The van der Waals surface area contributed by atoms with Gasteiger partial charge in [0, 0.05) is 18.7 Å². The van der Waals surface area contributed by atoms with Crippen molar-refractivity contribution >= 4 is 6.08 Å². The van der Waals surface area contributed by atoms with Crippen LogP contribution < -0.4 is 0 Å². The Hall–Kier alpha value is -2.06. The fourth-order valence-corrected chi connectivity index (χ4v) is 3.33. The molecular formula is C25H35NO. The van der Waals surface area contributed by atoms with E-state index >= 15 is 0 Å². The molecule has 27 heavy (non-hydrogen) atoms. The van der Waals surface area contributed by atoms with Crippen LogP contribution in [0.3, 0.4) is 0 Å². The average Bonchev–Trinajstić information content (AvgIpc) is 2.55. The Balaban J connectivity index is 2.38. The zero-order chi connectivity index (χ0) is 20.4. The van der Waals surface area contributed by atoms with E-state index in [-0.39, 0.29) is 10.8 Å². The Morgan fingerprint density at radius 3 is 2.07 bits per heavy atom. The fourth-order valence-electron chi connectivity index (χ4n) is 3.33. The molecule has 1 N–H and O–H groups in total. The summed E-state index contributed by atoms with van der Waals surface area (Å²) >= 11 is 0. The van der Waals surface area contributed by atoms with Gasteiger partial charge in [0.15, 0.2) is 0 Å². The number of benzene rings is 2. The van der Waals surface area contributed by atoms with Crippen molar-refractivity contribution in [2.75, 3.05) is 7.05 Å². The van der Waals surface area contributed by atoms with Gasteiger partial charge in [-0.15, -0.1) is 0 Å². The summed E-state index contributed by atoms with van der Waals surface area (Å²) in [5.74, 6) is 0.430. The molecule has 0 aliphatic heterocycles. The number of hydrogen-bond acceptors (Lipinski definition) is 2. The highest BCUT2D eigenvalue weighted by Gasteiger charge is 2.25. The molecule has 0 saturated heterocycles. The highest BCUT2D eigenvalue weighted by Crippen LogP contribution is 2.38. The number of rotatable bonds is 5. The van der Waals surface area contributed by atoms with Crippen LogP contribution in [0.1, 0.15) is 69.4 Å². The summed E-state index contributed by atoms with van der Waals surface area (Å²) in [5, 5.41) is 11.0. The standard InChI is InChI=1S/C25H35NO/c1-9-18-12-10-11-13-19(18)16-26(8)17-20-14-21(24(2,3)4)15-22(23(20)27)25(5,6)7/h9-15,27H,1,16-17H2,2-8H3. The Morgan fingerprint density at radius 1 is 0.926 bits per heavy atom. The van der Waals surface area contributed by atoms with E-state index in [1.807, 2.05) is 12.1 Å². The summed E-state index contributed by atoms with van der Waals surface area (Å²) in [6, 6.07) is 12.7. The topological polar surface area (TPSA) is 23.5 Å². The number of nitrogens with zero attached hydrogens (tertiary/aromatic N) is 1. The lowest BCUT2D eigenvalue weighted by molar-refractivity contribution is 0.310. The zero-order valence-corrected chi connectivity index (χ0v) is 18.1. The third-order valence-electron chi connectivity index (χ3n) is 5.02. The maximum Gasteiger partial charge on any atom is 0.123 e. The molecule has 0 atom stereocenters. The van der Waals surface area contributed by atoms with Crippen LogP contribution in [0.2, 0.25) is 0 Å². The number of aromatic hydroxyl groups is 1. The minimum atomic E-state index is -0.103. The summed E-state index contributed by atoms with van der Waals surface area (Å²) < 4.78 is 0. The van der Waals surface area contributed by atoms with Crippen molar-refractivity contribution in [2.24, 2.45) is 0 Å². The molecule has 0 saturated carbocycles. The van der Waals surface area contributed by atoms with Crippen LogP contribution in [0.5, 0.6) is 5.75 Å². The maximum absolute atomic E-state index is 11.0. The van der Waals surface area contributed by atoms with Gasteiger partial charge in [0.25, 0.3) is 0 Å². The van der Waals surface area contributed by atoms with E-state index in [9.17, 15) is 5.11 Å². The lowest BCUT2D eigenvalue weighted by Crippen LogP contribution is -2.21. The van der Waals surface area contributed by atoms with Crippen molar-refractivity contribution in [3.63, 3.8) is 0 Å². The molecule has 0 radical (unpaired) electrons. The van der Waals surface area contributed by atoms with Gasteiger partial charge in [-0.1, -0.05) is 90.6 Å². The molecule has 0 spiro atoms. The van der Waals surface area contributed by atoms with Gasteiger partial charge in [0.1, 0.15) is 5.75 Å². The first-order chi connectivity index (χ1) is 12.4. The minimum absolute atomic E-state index is 0.0382. The molecule has 2 rings (SSSR count). The van der Waals surface area contributed by atoms with Crippen molar-refractivity contribution in [1.29, 1.82) is 0 Å². The first kappa shape index (κ1) is 21.2. The molecule has 0 aromatic heterocycles. The second kappa shape index (κ2) is 7.90. The predicted octanol–water partition coefficient (Wildman–Crippen LogP) is 6.26. The molecule has 0 unspecified atom stereocenters. The van der Waals surface area contributed by atoms with E-state index in [4.69, 9.17) is 0 Å². The Labute approximate surface area is 165 Å². The molecule has 0 amide bonds. The van der Waals surface area contributed by atoms with Gasteiger partial charge in [-0.05, 0) is 40.1 Å². The smallest absolute Gasteiger partial charge is 0.123 e. The molecule has 0 aliphatic rings. The molecule has 0 aliphatic carbocycles. The molecule has 2 aromatic carbocycles. The third kappa shape index (κ3) is 5.23. The molecule has 146 valence electrons. The van der Waals surface area contributed by atoms with Crippen LogP contribution in [-0.2, 0) is 23.9 Å². The second-order valence-electron chi connectivity index (χ2n) is 9.61. The minimum Gasteiger partial charge on any atom is -0.507 e. The van der Waals surface area contributed by atoms with Gasteiger partial charge in [0.05, 0.1) is 0 Å². The monoisotopic (exact) mass is 365 g/mol. The van der Waals surface area contributed by atoms with Crippen LogP contribution >= 0.6 is 0 Å². The van der Waals surface area contributed by atoms with Crippen molar-refractivity contribution in [2.45, 2.75) is 65.5 Å². The van der Waals surface area contributed by atoms with Gasteiger partial charge in [-0.3, -0.25) is 4.90 Å². The van der Waals surface area contributed by atoms with Gasteiger partial charge in [-0.25, -0.2) is 0 Å². The van der Waals surface area contributed by atoms with E-state index in [2.05, 4.69) is 90.4 Å². The molecule has 2 nitrogen and oxygen atoms in total. The SMILES string of the molecule is C=Cc1ccccc1CN(C)Cc1cc(C(C)(C)C)cc(C(C)(C)C)c1O. The van der Waals surface area contributed by atoms with E-state index in [0.717, 1.165) is 23.2 Å². The average molecular weight is 366 g/mol.